The highest BCUT2D eigenvalue weighted by Crippen LogP contribution is 2.28. The van der Waals surface area contributed by atoms with Crippen molar-refractivity contribution >= 4 is 17.5 Å². The van der Waals surface area contributed by atoms with Gasteiger partial charge in [0.05, 0.1) is 18.8 Å². The Kier molecular flexibility index (Phi) is 5.64. The summed E-state index contributed by atoms with van der Waals surface area (Å²) in [5, 5.41) is 10.4. The highest BCUT2D eigenvalue weighted by molar-refractivity contribution is 6.30. The first-order chi connectivity index (χ1) is 11.6. The van der Waals surface area contributed by atoms with Gasteiger partial charge in [-0.15, -0.1) is 0 Å². The van der Waals surface area contributed by atoms with Gasteiger partial charge in [0, 0.05) is 37.2 Å². The van der Waals surface area contributed by atoms with Crippen LogP contribution in [0.1, 0.15) is 30.1 Å². The summed E-state index contributed by atoms with van der Waals surface area (Å²) in [5.41, 5.74) is 0.332. The van der Waals surface area contributed by atoms with E-state index in [1.165, 1.54) is 6.07 Å². The predicted molar refractivity (Wildman–Crippen MR) is 93.6 cm³/mol. The van der Waals surface area contributed by atoms with E-state index in [0.717, 1.165) is 52.2 Å². The molecule has 2 heterocycles. The third-order valence-corrected chi connectivity index (χ3v) is 5.56. The maximum Gasteiger partial charge on any atom is 0.257 e. The van der Waals surface area contributed by atoms with Gasteiger partial charge in [0.15, 0.2) is 0 Å². The van der Waals surface area contributed by atoms with Crippen LogP contribution in [0, 0.1) is 5.92 Å². The Bertz CT molecular complexity index is 582. The van der Waals surface area contributed by atoms with Crippen molar-refractivity contribution in [2.24, 2.45) is 5.92 Å². The summed E-state index contributed by atoms with van der Waals surface area (Å²) in [4.78, 5) is 16.9. The first-order valence-electron chi connectivity index (χ1n) is 8.66. The molecule has 0 bridgehead atoms. The SMILES string of the molecule is C[C@@H](C1CCN(C(=O)c2ccc(Cl)cc2O)CC1)N1CCOCC1. The molecule has 6 heteroatoms. The molecule has 1 aromatic carbocycles. The van der Waals surface area contributed by atoms with E-state index in [0.29, 0.717) is 22.5 Å². The lowest BCUT2D eigenvalue weighted by Gasteiger charge is -2.41. The van der Waals surface area contributed by atoms with Crippen molar-refractivity contribution < 1.29 is 14.6 Å². The molecule has 0 radical (unpaired) electrons. The van der Waals surface area contributed by atoms with Gasteiger partial charge in [-0.05, 0) is 43.9 Å². The molecule has 2 saturated heterocycles. The van der Waals surface area contributed by atoms with Crippen molar-refractivity contribution in [1.29, 1.82) is 0 Å². The highest BCUT2D eigenvalue weighted by atomic mass is 35.5. The highest BCUT2D eigenvalue weighted by Gasteiger charge is 2.30. The summed E-state index contributed by atoms with van der Waals surface area (Å²) >= 11 is 5.84. The number of halogens is 1. The van der Waals surface area contributed by atoms with Gasteiger partial charge in [0.2, 0.25) is 0 Å². The lowest BCUT2D eigenvalue weighted by Crippen LogP contribution is -2.49. The molecule has 0 unspecified atom stereocenters. The summed E-state index contributed by atoms with van der Waals surface area (Å²) in [6.07, 6.45) is 2.00. The third kappa shape index (κ3) is 3.85. The van der Waals surface area contributed by atoms with E-state index in [1.54, 1.807) is 12.1 Å². The minimum Gasteiger partial charge on any atom is -0.507 e. The fraction of sp³-hybridized carbons (Fsp3) is 0.611. The first kappa shape index (κ1) is 17.5. The third-order valence-electron chi connectivity index (χ3n) is 5.32. The number of benzene rings is 1. The van der Waals surface area contributed by atoms with Crippen LogP contribution in [0.2, 0.25) is 5.02 Å². The Morgan fingerprint density at radius 3 is 2.54 bits per heavy atom. The maximum atomic E-state index is 12.6. The number of morpholine rings is 1. The normalized spacial score (nSPS) is 21.7. The van der Waals surface area contributed by atoms with Crippen LogP contribution in [0.15, 0.2) is 18.2 Å². The van der Waals surface area contributed by atoms with Gasteiger partial charge in [0.25, 0.3) is 5.91 Å². The molecule has 0 aliphatic carbocycles. The molecule has 0 spiro atoms. The summed E-state index contributed by atoms with van der Waals surface area (Å²) in [6, 6.07) is 5.18. The van der Waals surface area contributed by atoms with Crippen molar-refractivity contribution in [3.05, 3.63) is 28.8 Å². The number of hydrogen-bond acceptors (Lipinski definition) is 4. The number of amides is 1. The largest absolute Gasteiger partial charge is 0.507 e. The molecule has 2 aliphatic rings. The molecule has 2 fully saturated rings. The zero-order valence-corrected chi connectivity index (χ0v) is 14.8. The molecular weight excluding hydrogens is 328 g/mol. The lowest BCUT2D eigenvalue weighted by atomic mass is 9.89. The van der Waals surface area contributed by atoms with E-state index >= 15 is 0 Å². The van der Waals surface area contributed by atoms with E-state index < -0.39 is 0 Å². The zero-order chi connectivity index (χ0) is 17.1. The average molecular weight is 353 g/mol. The van der Waals surface area contributed by atoms with Crippen molar-refractivity contribution in [3.63, 3.8) is 0 Å². The maximum absolute atomic E-state index is 12.6. The smallest absolute Gasteiger partial charge is 0.257 e. The fourth-order valence-corrected chi connectivity index (χ4v) is 3.89. The number of hydrogen-bond donors (Lipinski definition) is 1. The van der Waals surface area contributed by atoms with Crippen molar-refractivity contribution in [2.75, 3.05) is 39.4 Å². The van der Waals surface area contributed by atoms with Crippen molar-refractivity contribution in [1.82, 2.24) is 9.80 Å². The molecule has 5 nitrogen and oxygen atoms in total. The van der Waals surface area contributed by atoms with E-state index in [1.807, 2.05) is 4.90 Å². The molecule has 132 valence electrons. The van der Waals surface area contributed by atoms with Gasteiger partial charge >= 0.3 is 0 Å². The predicted octanol–water partition coefficient (Wildman–Crippen LogP) is 2.62. The fourth-order valence-electron chi connectivity index (χ4n) is 3.72. The van der Waals surface area contributed by atoms with Gasteiger partial charge in [-0.1, -0.05) is 11.6 Å². The van der Waals surface area contributed by atoms with Gasteiger partial charge in [-0.25, -0.2) is 0 Å². The van der Waals surface area contributed by atoms with Crippen LogP contribution in [-0.2, 0) is 4.74 Å². The summed E-state index contributed by atoms with van der Waals surface area (Å²) < 4.78 is 5.43. The quantitative estimate of drug-likeness (QED) is 0.908. The molecule has 0 aromatic heterocycles. The lowest BCUT2D eigenvalue weighted by molar-refractivity contribution is -0.000964. The van der Waals surface area contributed by atoms with E-state index in [4.69, 9.17) is 16.3 Å². The second-order valence-corrected chi connectivity index (χ2v) is 7.12. The Morgan fingerprint density at radius 2 is 1.92 bits per heavy atom. The van der Waals surface area contributed by atoms with Crippen LogP contribution >= 0.6 is 11.6 Å². The molecule has 0 saturated carbocycles. The van der Waals surface area contributed by atoms with Gasteiger partial charge in [0.1, 0.15) is 5.75 Å². The minimum atomic E-state index is -0.110. The van der Waals surface area contributed by atoms with Crippen LogP contribution in [-0.4, -0.2) is 66.2 Å². The topological polar surface area (TPSA) is 53.0 Å². The monoisotopic (exact) mass is 352 g/mol. The van der Waals surface area contributed by atoms with Crippen LogP contribution in [0.25, 0.3) is 0 Å². The van der Waals surface area contributed by atoms with Crippen LogP contribution in [0.4, 0.5) is 0 Å². The first-order valence-corrected chi connectivity index (χ1v) is 9.03. The number of aromatic hydroxyl groups is 1. The minimum absolute atomic E-state index is 0.0451. The van der Waals surface area contributed by atoms with Crippen molar-refractivity contribution in [2.45, 2.75) is 25.8 Å². The number of phenols is 1. The number of carbonyl (C=O) groups is 1. The standard InChI is InChI=1S/C18H25ClN2O3/c1-13(20-8-10-24-11-9-20)14-4-6-21(7-5-14)18(23)16-3-2-15(19)12-17(16)22/h2-3,12-14,22H,4-11H2,1H3/t13-/m0/s1. The molecular formula is C18H25ClN2O3. The number of piperidine rings is 1. The van der Waals surface area contributed by atoms with E-state index in [9.17, 15) is 9.90 Å². The second-order valence-electron chi connectivity index (χ2n) is 6.68. The number of phenolic OH excluding ortho intramolecular Hbond substituents is 1. The average Bonchev–Trinajstić information content (AvgIpc) is 2.61. The van der Waals surface area contributed by atoms with Crippen LogP contribution in [0.5, 0.6) is 5.75 Å². The summed E-state index contributed by atoms with van der Waals surface area (Å²) in [5.74, 6) is 0.448. The number of ether oxygens (including phenoxy) is 1. The molecule has 1 atom stereocenters. The Morgan fingerprint density at radius 1 is 1.25 bits per heavy atom. The molecule has 1 N–H and O–H groups in total. The number of carbonyl (C=O) groups excluding carboxylic acids is 1. The summed E-state index contributed by atoms with van der Waals surface area (Å²) in [7, 11) is 0. The van der Waals surface area contributed by atoms with Gasteiger partial charge < -0.3 is 14.7 Å². The second kappa shape index (κ2) is 7.72. The Hall–Kier alpha value is -1.30. The number of nitrogens with zero attached hydrogens (tertiary/aromatic N) is 2. The van der Waals surface area contributed by atoms with Crippen molar-refractivity contribution in [3.8, 4) is 5.75 Å². The van der Waals surface area contributed by atoms with Crippen LogP contribution in [0.3, 0.4) is 0 Å². The summed E-state index contributed by atoms with van der Waals surface area (Å²) in [6.45, 7) is 7.39. The molecule has 1 amide bonds. The van der Waals surface area contributed by atoms with Gasteiger partial charge in [-0.3, -0.25) is 9.69 Å². The number of likely N-dealkylation sites (tertiary alicyclic amines) is 1. The van der Waals surface area contributed by atoms with Crippen LogP contribution < -0.4 is 0 Å². The molecule has 3 rings (SSSR count). The Labute approximate surface area is 148 Å². The number of rotatable bonds is 3. The van der Waals surface area contributed by atoms with Gasteiger partial charge in [-0.2, -0.15) is 0 Å². The molecule has 2 aliphatic heterocycles. The molecule has 1 aromatic rings. The van der Waals surface area contributed by atoms with E-state index in [2.05, 4.69) is 11.8 Å². The van der Waals surface area contributed by atoms with E-state index in [-0.39, 0.29) is 11.7 Å². The zero-order valence-electron chi connectivity index (χ0n) is 14.1. The molecule has 24 heavy (non-hydrogen) atoms. The Balaban J connectivity index is 1.57.